The number of carbonyl (C=O) groups is 1. The maximum absolute atomic E-state index is 13.4. The van der Waals surface area contributed by atoms with E-state index in [1.165, 1.54) is 0 Å². The summed E-state index contributed by atoms with van der Waals surface area (Å²) in [4.78, 5) is 16.8. The van der Waals surface area contributed by atoms with Crippen molar-refractivity contribution in [1.82, 2.24) is 29.7 Å². The molecule has 0 atom stereocenters. The van der Waals surface area contributed by atoms with E-state index in [-0.39, 0.29) is 23.7 Å². The molecule has 1 aliphatic rings. The van der Waals surface area contributed by atoms with Crippen LogP contribution in [0.15, 0.2) is 18.5 Å². The number of aryl methyl sites for hydroxylation is 1. The van der Waals surface area contributed by atoms with Gasteiger partial charge in [-0.25, -0.2) is 9.50 Å². The summed E-state index contributed by atoms with van der Waals surface area (Å²) in [5.41, 5.74) is 1.09. The zero-order valence-corrected chi connectivity index (χ0v) is 14.7. The van der Waals surface area contributed by atoms with Crippen molar-refractivity contribution in [3.05, 3.63) is 46.7 Å². The molecule has 3 aromatic heterocycles. The molecule has 0 radical (unpaired) electrons. The van der Waals surface area contributed by atoms with Gasteiger partial charge in [-0.15, -0.1) is 0 Å². The van der Waals surface area contributed by atoms with Gasteiger partial charge in [0.1, 0.15) is 11.3 Å². The molecular formula is C17H17F3N6O. The van der Waals surface area contributed by atoms with Crippen LogP contribution in [0.4, 0.5) is 13.2 Å². The highest BCUT2D eigenvalue weighted by Gasteiger charge is 2.37. The van der Waals surface area contributed by atoms with E-state index in [0.717, 1.165) is 36.4 Å². The smallest absolute Gasteiger partial charge is 0.348 e. The second kappa shape index (κ2) is 6.07. The number of nitrogens with zero attached hydrogens (tertiary/aromatic N) is 5. The lowest BCUT2D eigenvalue weighted by atomic mass is 10.2. The number of rotatable bonds is 4. The molecule has 142 valence electrons. The SMILES string of the molecule is Cc1c(CNC(=O)c2cnn3c(C(F)(F)F)cc(C4CC4)nc23)cnn1C. The first-order valence-corrected chi connectivity index (χ1v) is 8.47. The van der Waals surface area contributed by atoms with Gasteiger partial charge in [-0.2, -0.15) is 23.4 Å². The molecule has 10 heteroatoms. The predicted molar refractivity (Wildman–Crippen MR) is 89.1 cm³/mol. The van der Waals surface area contributed by atoms with Crippen LogP contribution in [-0.2, 0) is 19.8 Å². The molecule has 1 saturated carbocycles. The summed E-state index contributed by atoms with van der Waals surface area (Å²) >= 11 is 0. The Balaban J connectivity index is 1.68. The van der Waals surface area contributed by atoms with Crippen LogP contribution in [-0.4, -0.2) is 30.3 Å². The molecule has 0 aromatic carbocycles. The van der Waals surface area contributed by atoms with Crippen LogP contribution in [0.1, 0.15) is 51.8 Å². The van der Waals surface area contributed by atoms with Crippen molar-refractivity contribution in [3.63, 3.8) is 0 Å². The van der Waals surface area contributed by atoms with Gasteiger partial charge in [-0.05, 0) is 25.8 Å². The van der Waals surface area contributed by atoms with Crippen LogP contribution in [0.2, 0.25) is 0 Å². The van der Waals surface area contributed by atoms with E-state index >= 15 is 0 Å². The van der Waals surface area contributed by atoms with Crippen LogP contribution < -0.4 is 5.32 Å². The maximum Gasteiger partial charge on any atom is 0.433 e. The first kappa shape index (κ1) is 17.5. The van der Waals surface area contributed by atoms with Crippen molar-refractivity contribution in [2.24, 2.45) is 7.05 Å². The lowest BCUT2D eigenvalue weighted by Gasteiger charge is -2.11. The van der Waals surface area contributed by atoms with Crippen molar-refractivity contribution in [1.29, 1.82) is 0 Å². The lowest BCUT2D eigenvalue weighted by molar-refractivity contribution is -0.142. The predicted octanol–water partition coefficient (Wildman–Crippen LogP) is 2.60. The van der Waals surface area contributed by atoms with Gasteiger partial charge in [0, 0.05) is 36.5 Å². The van der Waals surface area contributed by atoms with Gasteiger partial charge in [0.05, 0.1) is 12.4 Å². The topological polar surface area (TPSA) is 77.1 Å². The number of amides is 1. The molecule has 1 aliphatic carbocycles. The molecule has 1 amide bonds. The maximum atomic E-state index is 13.4. The fourth-order valence-corrected chi connectivity index (χ4v) is 2.92. The summed E-state index contributed by atoms with van der Waals surface area (Å²) in [6.45, 7) is 2.08. The quantitative estimate of drug-likeness (QED) is 0.757. The highest BCUT2D eigenvalue weighted by molar-refractivity contribution is 5.99. The molecule has 4 rings (SSSR count). The minimum absolute atomic E-state index is 0.0138. The van der Waals surface area contributed by atoms with Crippen LogP contribution in [0, 0.1) is 6.92 Å². The minimum Gasteiger partial charge on any atom is -0.348 e. The minimum atomic E-state index is -4.59. The van der Waals surface area contributed by atoms with Gasteiger partial charge in [0.25, 0.3) is 5.91 Å². The van der Waals surface area contributed by atoms with Gasteiger partial charge >= 0.3 is 6.18 Å². The summed E-state index contributed by atoms with van der Waals surface area (Å²) in [6, 6.07) is 1.03. The van der Waals surface area contributed by atoms with Crippen LogP contribution in [0.25, 0.3) is 5.65 Å². The fraction of sp³-hybridized carbons (Fsp3) is 0.412. The Labute approximate surface area is 152 Å². The van der Waals surface area contributed by atoms with E-state index in [9.17, 15) is 18.0 Å². The third kappa shape index (κ3) is 3.15. The largest absolute Gasteiger partial charge is 0.433 e. The van der Waals surface area contributed by atoms with E-state index in [0.29, 0.717) is 10.2 Å². The van der Waals surface area contributed by atoms with E-state index in [1.54, 1.807) is 17.9 Å². The monoisotopic (exact) mass is 378 g/mol. The number of aromatic nitrogens is 5. The second-order valence-electron chi connectivity index (χ2n) is 6.69. The molecule has 0 unspecified atom stereocenters. The lowest BCUT2D eigenvalue weighted by Crippen LogP contribution is -2.23. The molecule has 0 saturated heterocycles. The summed E-state index contributed by atoms with van der Waals surface area (Å²) in [7, 11) is 1.79. The fourth-order valence-electron chi connectivity index (χ4n) is 2.92. The third-order valence-electron chi connectivity index (χ3n) is 4.80. The van der Waals surface area contributed by atoms with Crippen molar-refractivity contribution < 1.29 is 18.0 Å². The van der Waals surface area contributed by atoms with Gasteiger partial charge in [0.2, 0.25) is 0 Å². The Hall–Kier alpha value is -2.91. The number of carbonyl (C=O) groups excluding carboxylic acids is 1. The first-order chi connectivity index (χ1) is 12.8. The van der Waals surface area contributed by atoms with Crippen LogP contribution in [0.3, 0.4) is 0 Å². The molecular weight excluding hydrogens is 361 g/mol. The van der Waals surface area contributed by atoms with Crippen molar-refractivity contribution >= 4 is 11.6 Å². The molecule has 3 heterocycles. The van der Waals surface area contributed by atoms with Gasteiger partial charge in [-0.3, -0.25) is 9.48 Å². The van der Waals surface area contributed by atoms with E-state index < -0.39 is 17.8 Å². The van der Waals surface area contributed by atoms with Crippen molar-refractivity contribution in [3.8, 4) is 0 Å². The molecule has 7 nitrogen and oxygen atoms in total. The molecule has 0 spiro atoms. The van der Waals surface area contributed by atoms with E-state index in [2.05, 4.69) is 20.5 Å². The highest BCUT2D eigenvalue weighted by Crippen LogP contribution is 2.41. The summed E-state index contributed by atoms with van der Waals surface area (Å²) < 4.78 is 42.6. The second-order valence-corrected chi connectivity index (χ2v) is 6.69. The standard InChI is InChI=1S/C17H17F3N6O/c1-9-11(7-22-25(9)2)6-21-16(27)12-8-23-26-14(17(18,19)20)5-13(10-3-4-10)24-15(12)26/h5,7-8,10H,3-4,6H2,1-2H3,(H,21,27). The Kier molecular flexibility index (Phi) is 3.93. The molecule has 27 heavy (non-hydrogen) atoms. The highest BCUT2D eigenvalue weighted by atomic mass is 19.4. The zero-order valence-electron chi connectivity index (χ0n) is 14.7. The number of halogens is 3. The zero-order chi connectivity index (χ0) is 19.3. The Morgan fingerprint density at radius 3 is 2.63 bits per heavy atom. The van der Waals surface area contributed by atoms with Crippen LogP contribution in [0.5, 0.6) is 0 Å². The number of fused-ring (bicyclic) bond motifs is 1. The number of hydrogen-bond acceptors (Lipinski definition) is 4. The van der Waals surface area contributed by atoms with Gasteiger partial charge in [-0.1, -0.05) is 0 Å². The molecule has 1 fully saturated rings. The van der Waals surface area contributed by atoms with Crippen molar-refractivity contribution in [2.45, 2.75) is 38.4 Å². The normalized spacial score (nSPS) is 14.7. The first-order valence-electron chi connectivity index (χ1n) is 8.47. The number of alkyl halides is 3. The van der Waals surface area contributed by atoms with Gasteiger partial charge in [0.15, 0.2) is 5.65 Å². The molecule has 0 bridgehead atoms. The van der Waals surface area contributed by atoms with E-state index in [1.807, 2.05) is 6.92 Å². The average molecular weight is 378 g/mol. The molecule has 3 aromatic rings. The summed E-state index contributed by atoms with van der Waals surface area (Å²) in [5, 5.41) is 10.6. The summed E-state index contributed by atoms with van der Waals surface area (Å²) in [6.07, 6.45) is -0.221. The van der Waals surface area contributed by atoms with Crippen LogP contribution >= 0.6 is 0 Å². The van der Waals surface area contributed by atoms with E-state index in [4.69, 9.17) is 0 Å². The third-order valence-corrected chi connectivity index (χ3v) is 4.80. The Bertz CT molecular complexity index is 1030. The summed E-state index contributed by atoms with van der Waals surface area (Å²) in [5.74, 6) is -0.512. The van der Waals surface area contributed by atoms with Crippen molar-refractivity contribution in [2.75, 3.05) is 0 Å². The average Bonchev–Trinajstić information content (AvgIpc) is 3.30. The number of hydrogen-bond donors (Lipinski definition) is 1. The Morgan fingerprint density at radius 2 is 2.04 bits per heavy atom. The number of nitrogens with one attached hydrogen (secondary N) is 1. The van der Waals surface area contributed by atoms with Gasteiger partial charge < -0.3 is 5.32 Å². The molecule has 1 N–H and O–H groups in total. The molecule has 0 aliphatic heterocycles. The Morgan fingerprint density at radius 1 is 1.30 bits per heavy atom.